The lowest BCUT2D eigenvalue weighted by molar-refractivity contribution is 1.02. The van der Waals surface area contributed by atoms with E-state index in [0.29, 0.717) is 0 Å². The Morgan fingerprint density at radius 2 is 1.80 bits per heavy atom. The Kier molecular flexibility index (Phi) is 2.43. The first-order valence-electron chi connectivity index (χ1n) is 1.78. The number of hydrogen-bond donors (Lipinski definition) is 0. The molecule has 0 aliphatic carbocycles. The molecule has 24 valence electrons. The molecule has 0 aromatic rings. The lowest BCUT2D eigenvalue weighted by atomic mass is 9.69. The van der Waals surface area contributed by atoms with Crippen LogP contribution in [-0.4, -0.2) is 15.7 Å². The second-order valence-electron chi connectivity index (χ2n) is 1.07. The highest BCUT2D eigenvalue weighted by molar-refractivity contribution is 6.35. The van der Waals surface area contributed by atoms with Crippen molar-refractivity contribution in [1.29, 1.82) is 0 Å². The van der Waals surface area contributed by atoms with Crippen LogP contribution in [0.4, 0.5) is 0 Å². The quantitative estimate of drug-likeness (QED) is 0.389. The molecule has 0 fully saturated rings. The molecular weight excluding hydrogens is 57.7 g/mol. The van der Waals surface area contributed by atoms with Crippen molar-refractivity contribution < 1.29 is 0 Å². The first kappa shape index (κ1) is 5.13. The maximum absolute atomic E-state index is 5.07. The fourth-order valence-electron chi connectivity index (χ4n) is 0. The Morgan fingerprint density at radius 3 is 1.80 bits per heavy atom. The summed E-state index contributed by atoms with van der Waals surface area (Å²) in [5.74, 6) is 0. The molecule has 0 bridgehead atoms. The van der Waals surface area contributed by atoms with Gasteiger partial charge in [0, 0.05) is 0 Å². The van der Waals surface area contributed by atoms with Crippen molar-refractivity contribution in [3.8, 4) is 0 Å². The fourth-order valence-corrected chi connectivity index (χ4v) is 0. The molecule has 0 N–H and O–H groups in total. The van der Waals surface area contributed by atoms with E-state index in [4.69, 9.17) is 15.7 Å². The van der Waals surface area contributed by atoms with Gasteiger partial charge in [-0.3, -0.25) is 0 Å². The zero-order valence-electron chi connectivity index (χ0n) is 3.44. The Bertz CT molecular complexity index is 18.9. The summed E-state index contributed by atoms with van der Waals surface area (Å²) >= 11 is 0. The topological polar surface area (TPSA) is 0 Å². The van der Waals surface area contributed by atoms with E-state index in [9.17, 15) is 0 Å². The summed E-state index contributed by atoms with van der Waals surface area (Å²) in [4.78, 5) is 0. The van der Waals surface area contributed by atoms with Crippen LogP contribution in [0.5, 0.6) is 0 Å². The van der Waals surface area contributed by atoms with Gasteiger partial charge in [0.25, 0.3) is 0 Å². The maximum Gasteiger partial charge on any atom is 0.0575 e. The van der Waals surface area contributed by atoms with E-state index in [1.165, 1.54) is 0 Å². The zero-order chi connectivity index (χ0) is 4.28. The average Bonchev–Trinajstić information content (AvgIpc) is 1.38. The maximum atomic E-state index is 5.07. The largest absolute Gasteiger partial charge is 0.110 e. The van der Waals surface area contributed by atoms with E-state index in [-0.39, 0.29) is 5.72 Å². The molecule has 5 heavy (non-hydrogen) atoms. The van der Waals surface area contributed by atoms with Crippen LogP contribution in [0.15, 0.2) is 0 Å². The Morgan fingerprint density at radius 1 is 1.60 bits per heavy atom. The van der Waals surface area contributed by atoms with Crippen LogP contribution in [0.1, 0.15) is 13.3 Å². The van der Waals surface area contributed by atoms with E-state index < -0.39 is 0 Å². The smallest absolute Gasteiger partial charge is 0.0575 e. The lowest BCUT2D eigenvalue weighted by Crippen LogP contribution is -1.84. The van der Waals surface area contributed by atoms with Crippen LogP contribution in [0, 0.1) is 0 Å². The Hall–Kier alpha value is 0.130. The summed E-state index contributed by atoms with van der Waals surface area (Å²) in [7, 11) is 10.1. The van der Waals surface area contributed by atoms with Crippen LogP contribution in [0.2, 0.25) is 5.72 Å². The molecule has 0 aliphatic heterocycles. The van der Waals surface area contributed by atoms with Gasteiger partial charge in [-0.05, 0) is 0 Å². The van der Waals surface area contributed by atoms with Crippen LogP contribution in [0.25, 0.3) is 0 Å². The summed E-state index contributed by atoms with van der Waals surface area (Å²) in [6, 6.07) is 0. The molecular formula is C3H6B2. The molecule has 2 heteroatoms. The van der Waals surface area contributed by atoms with Crippen LogP contribution < -0.4 is 0 Å². The van der Waals surface area contributed by atoms with E-state index in [2.05, 4.69) is 0 Å². The third kappa shape index (κ3) is 4.13. The number of rotatable bonds is 1. The second-order valence-corrected chi connectivity index (χ2v) is 1.07. The summed E-state index contributed by atoms with van der Waals surface area (Å²) in [6.45, 7) is 1.95. The highest BCUT2D eigenvalue weighted by atomic mass is 13.7. The molecule has 0 spiro atoms. The third-order valence-corrected chi connectivity index (χ3v) is 0.471. The van der Waals surface area contributed by atoms with Crippen molar-refractivity contribution in [3.63, 3.8) is 0 Å². The highest BCUT2D eigenvalue weighted by Gasteiger charge is 1.80. The first-order valence-corrected chi connectivity index (χ1v) is 1.78. The minimum absolute atomic E-state index is 0.116. The van der Waals surface area contributed by atoms with Crippen molar-refractivity contribution in [2.75, 3.05) is 0 Å². The predicted octanol–water partition coefficient (Wildman–Crippen LogP) is 0.479. The highest BCUT2D eigenvalue weighted by Crippen LogP contribution is 1.92. The monoisotopic (exact) mass is 64.1 g/mol. The molecule has 4 radical (unpaired) electrons. The van der Waals surface area contributed by atoms with Crippen LogP contribution >= 0.6 is 0 Å². The van der Waals surface area contributed by atoms with E-state index in [1.807, 2.05) is 6.92 Å². The van der Waals surface area contributed by atoms with Gasteiger partial charge in [0.15, 0.2) is 0 Å². The second kappa shape index (κ2) is 2.37. The predicted molar refractivity (Wildman–Crippen MR) is 25.5 cm³/mol. The molecule has 0 aromatic carbocycles. The summed E-state index contributed by atoms with van der Waals surface area (Å²) in [5.41, 5.74) is -0.116. The standard InChI is InChI=1S/C3H6B2/c1-2-3(4)5/h3H,2H2,1H3. The van der Waals surface area contributed by atoms with Crippen molar-refractivity contribution in [2.24, 2.45) is 0 Å². The zero-order valence-corrected chi connectivity index (χ0v) is 3.44. The Labute approximate surface area is 35.8 Å². The molecule has 0 rings (SSSR count). The van der Waals surface area contributed by atoms with Gasteiger partial charge in [0.1, 0.15) is 0 Å². The van der Waals surface area contributed by atoms with Gasteiger partial charge < -0.3 is 0 Å². The van der Waals surface area contributed by atoms with Crippen molar-refractivity contribution >= 4 is 15.7 Å². The molecule has 0 saturated heterocycles. The van der Waals surface area contributed by atoms with Gasteiger partial charge in [0.2, 0.25) is 0 Å². The molecule has 0 aliphatic rings. The molecule has 0 nitrogen and oxygen atoms in total. The van der Waals surface area contributed by atoms with Gasteiger partial charge in [0.05, 0.1) is 15.7 Å². The number of hydrogen-bond acceptors (Lipinski definition) is 0. The SMILES string of the molecule is [B]C([B])CC. The molecule has 0 amide bonds. The van der Waals surface area contributed by atoms with E-state index in [1.54, 1.807) is 0 Å². The fraction of sp³-hybridized carbons (Fsp3) is 1.00. The van der Waals surface area contributed by atoms with Gasteiger partial charge >= 0.3 is 0 Å². The van der Waals surface area contributed by atoms with E-state index >= 15 is 0 Å². The molecule has 0 aromatic heterocycles. The minimum atomic E-state index is -0.116. The molecule has 0 unspecified atom stereocenters. The van der Waals surface area contributed by atoms with Crippen molar-refractivity contribution in [2.45, 2.75) is 19.1 Å². The summed E-state index contributed by atoms with van der Waals surface area (Å²) < 4.78 is 0. The third-order valence-electron chi connectivity index (χ3n) is 0.471. The van der Waals surface area contributed by atoms with Gasteiger partial charge in [-0.1, -0.05) is 13.3 Å². The normalized spacial score (nSPS) is 9.20. The summed E-state index contributed by atoms with van der Waals surface area (Å²) in [6.07, 6.45) is 0.861. The van der Waals surface area contributed by atoms with Crippen LogP contribution in [-0.2, 0) is 0 Å². The first-order chi connectivity index (χ1) is 2.27. The minimum Gasteiger partial charge on any atom is -0.110 e. The van der Waals surface area contributed by atoms with Crippen molar-refractivity contribution in [1.82, 2.24) is 0 Å². The van der Waals surface area contributed by atoms with Crippen molar-refractivity contribution in [3.05, 3.63) is 0 Å². The Balaban J connectivity index is 2.54. The molecule has 0 heterocycles. The average molecular weight is 63.7 g/mol. The van der Waals surface area contributed by atoms with Crippen LogP contribution in [0.3, 0.4) is 0 Å². The van der Waals surface area contributed by atoms with Gasteiger partial charge in [-0.25, -0.2) is 0 Å². The molecule has 0 atom stereocenters. The van der Waals surface area contributed by atoms with Gasteiger partial charge in [-0.2, -0.15) is 0 Å². The van der Waals surface area contributed by atoms with E-state index in [0.717, 1.165) is 6.42 Å². The molecule has 0 saturated carbocycles. The summed E-state index contributed by atoms with van der Waals surface area (Å²) in [5, 5.41) is 0. The van der Waals surface area contributed by atoms with Gasteiger partial charge in [-0.15, -0.1) is 5.72 Å². The lowest BCUT2D eigenvalue weighted by Gasteiger charge is -1.90.